The highest BCUT2D eigenvalue weighted by atomic mass is 14.7. The van der Waals surface area contributed by atoms with Gasteiger partial charge in [-0.05, 0) is 77.8 Å². The van der Waals surface area contributed by atoms with Crippen LogP contribution in [0.4, 0.5) is 0 Å². The van der Waals surface area contributed by atoms with Crippen molar-refractivity contribution in [3.63, 3.8) is 0 Å². The lowest BCUT2D eigenvalue weighted by Gasteiger charge is -2.31. The molecule has 0 unspecified atom stereocenters. The minimum Gasteiger partial charge on any atom is -0.256 e. The van der Waals surface area contributed by atoms with Gasteiger partial charge in [0.05, 0.1) is 5.69 Å². The molecule has 1 heteroatoms. The minimum atomic E-state index is 0.159. The van der Waals surface area contributed by atoms with E-state index >= 15 is 0 Å². The van der Waals surface area contributed by atoms with E-state index in [2.05, 4.69) is 107 Å². The summed E-state index contributed by atoms with van der Waals surface area (Å²) in [6.07, 6.45) is 7.22. The van der Waals surface area contributed by atoms with Crippen molar-refractivity contribution in [1.29, 1.82) is 0 Å². The monoisotopic (exact) mass is 419 g/mol. The molecule has 0 aliphatic heterocycles. The molecule has 3 aromatic carbocycles. The fraction of sp³-hybridized carbons (Fsp3) is 0.258. The molecule has 0 N–H and O–H groups in total. The Morgan fingerprint density at radius 1 is 0.844 bits per heavy atom. The molecule has 0 fully saturated rings. The number of fused-ring (bicyclic) bond motifs is 1. The van der Waals surface area contributed by atoms with Crippen LogP contribution in [0.3, 0.4) is 0 Å². The quantitative estimate of drug-likeness (QED) is 0.273. The molecule has 0 aliphatic carbocycles. The summed E-state index contributed by atoms with van der Waals surface area (Å²) < 4.78 is 0. The van der Waals surface area contributed by atoms with Gasteiger partial charge in [-0.25, -0.2) is 0 Å². The first-order valence-corrected chi connectivity index (χ1v) is 11.7. The summed E-state index contributed by atoms with van der Waals surface area (Å²) >= 11 is 0. The van der Waals surface area contributed by atoms with E-state index in [0.29, 0.717) is 0 Å². The van der Waals surface area contributed by atoms with Gasteiger partial charge in [0.15, 0.2) is 0 Å². The van der Waals surface area contributed by atoms with E-state index < -0.39 is 0 Å². The molecule has 162 valence electrons. The second kappa shape index (κ2) is 9.12. The van der Waals surface area contributed by atoms with Gasteiger partial charge in [0.25, 0.3) is 0 Å². The Bertz CT molecular complexity index is 1220. The van der Waals surface area contributed by atoms with E-state index in [1.54, 1.807) is 0 Å². The number of nitrogens with zero attached hydrogens (tertiary/aromatic N) is 1. The van der Waals surface area contributed by atoms with Crippen molar-refractivity contribution in [2.75, 3.05) is 0 Å². The van der Waals surface area contributed by atoms with Crippen LogP contribution in [0.2, 0.25) is 0 Å². The van der Waals surface area contributed by atoms with Crippen LogP contribution in [0.15, 0.2) is 85.6 Å². The molecule has 0 atom stereocenters. The zero-order valence-electron chi connectivity index (χ0n) is 19.8. The third kappa shape index (κ3) is 3.88. The number of benzene rings is 3. The van der Waals surface area contributed by atoms with E-state index in [1.165, 1.54) is 38.6 Å². The molecule has 0 spiro atoms. The summed E-state index contributed by atoms with van der Waals surface area (Å²) in [4.78, 5) is 4.77. The Morgan fingerprint density at radius 3 is 2.12 bits per heavy atom. The molecule has 0 bridgehead atoms. The van der Waals surface area contributed by atoms with Crippen molar-refractivity contribution in [3.8, 4) is 22.4 Å². The van der Waals surface area contributed by atoms with Gasteiger partial charge in [0, 0.05) is 17.1 Å². The number of aryl methyl sites for hydroxylation is 2. The number of allylic oxidation sites excluding steroid dienone is 1. The van der Waals surface area contributed by atoms with Gasteiger partial charge in [0.2, 0.25) is 0 Å². The largest absolute Gasteiger partial charge is 0.256 e. The van der Waals surface area contributed by atoms with Crippen LogP contribution in [0.5, 0.6) is 0 Å². The molecule has 0 saturated carbocycles. The molecule has 0 saturated heterocycles. The summed E-state index contributed by atoms with van der Waals surface area (Å²) in [5, 5.41) is 2.46. The van der Waals surface area contributed by atoms with E-state index in [0.717, 1.165) is 30.5 Å². The van der Waals surface area contributed by atoms with E-state index in [-0.39, 0.29) is 5.41 Å². The molecule has 4 aromatic rings. The minimum absolute atomic E-state index is 0.159. The molecular formula is C31H33N. The predicted octanol–water partition coefficient (Wildman–Crippen LogP) is 8.82. The van der Waals surface area contributed by atoms with Crippen molar-refractivity contribution < 1.29 is 0 Å². The van der Waals surface area contributed by atoms with Crippen molar-refractivity contribution in [2.45, 2.75) is 52.4 Å². The molecule has 1 nitrogen and oxygen atoms in total. The third-order valence-electron chi connectivity index (χ3n) is 7.19. The topological polar surface area (TPSA) is 12.9 Å². The highest BCUT2D eigenvalue weighted by Crippen LogP contribution is 2.38. The summed E-state index contributed by atoms with van der Waals surface area (Å²) in [5.41, 5.74) is 8.96. The van der Waals surface area contributed by atoms with Crippen molar-refractivity contribution in [2.24, 2.45) is 0 Å². The Morgan fingerprint density at radius 2 is 1.50 bits per heavy atom. The van der Waals surface area contributed by atoms with Crippen LogP contribution in [0.1, 0.15) is 49.8 Å². The molecule has 0 amide bonds. The summed E-state index contributed by atoms with van der Waals surface area (Å²) in [6.45, 7) is 12.9. The van der Waals surface area contributed by atoms with Crippen LogP contribution in [0.25, 0.3) is 33.2 Å². The lowest BCUT2D eigenvalue weighted by Crippen LogP contribution is -2.23. The van der Waals surface area contributed by atoms with Crippen LogP contribution < -0.4 is 0 Å². The molecular weight excluding hydrogens is 386 g/mol. The Kier molecular flexibility index (Phi) is 6.28. The van der Waals surface area contributed by atoms with Gasteiger partial charge < -0.3 is 0 Å². The van der Waals surface area contributed by atoms with E-state index in [9.17, 15) is 0 Å². The maximum atomic E-state index is 4.77. The first kappa shape index (κ1) is 22.0. The average Bonchev–Trinajstić information content (AvgIpc) is 2.82. The van der Waals surface area contributed by atoms with E-state index in [4.69, 9.17) is 4.98 Å². The normalized spacial score (nSPS) is 11.6. The van der Waals surface area contributed by atoms with Gasteiger partial charge in [-0.2, -0.15) is 0 Å². The van der Waals surface area contributed by atoms with Gasteiger partial charge in [-0.3, -0.25) is 4.98 Å². The van der Waals surface area contributed by atoms with E-state index in [1.807, 2.05) is 6.20 Å². The fourth-order valence-corrected chi connectivity index (χ4v) is 5.14. The van der Waals surface area contributed by atoms with Gasteiger partial charge in [-0.1, -0.05) is 80.6 Å². The fourth-order valence-electron chi connectivity index (χ4n) is 5.14. The molecule has 0 radical (unpaired) electrons. The standard InChI is InChI=1S/C31H33N/c1-6-19-31(7-2,8-3)27-16-17-28-26(21-27)18-20-32-30(28)25-14-12-24(13-15-25)29-22(4)10-9-11-23(29)5/h6,9-18,20-21H,1,7-8,19H2,2-5H3. The van der Waals surface area contributed by atoms with Gasteiger partial charge >= 0.3 is 0 Å². The van der Waals surface area contributed by atoms with Gasteiger partial charge in [-0.15, -0.1) is 6.58 Å². The van der Waals surface area contributed by atoms with Crippen molar-refractivity contribution >= 4 is 10.8 Å². The molecule has 4 rings (SSSR count). The smallest absolute Gasteiger partial charge is 0.0780 e. The molecule has 32 heavy (non-hydrogen) atoms. The molecule has 1 aromatic heterocycles. The van der Waals surface area contributed by atoms with Crippen LogP contribution in [-0.4, -0.2) is 4.98 Å². The van der Waals surface area contributed by atoms with Crippen LogP contribution in [-0.2, 0) is 5.41 Å². The highest BCUT2D eigenvalue weighted by Gasteiger charge is 2.27. The average molecular weight is 420 g/mol. The lowest BCUT2D eigenvalue weighted by atomic mass is 9.73. The summed E-state index contributed by atoms with van der Waals surface area (Å²) in [7, 11) is 0. The number of pyridine rings is 1. The predicted molar refractivity (Wildman–Crippen MR) is 139 cm³/mol. The van der Waals surface area contributed by atoms with Crippen LogP contribution in [0, 0.1) is 13.8 Å². The Balaban J connectivity index is 1.76. The van der Waals surface area contributed by atoms with Crippen molar-refractivity contribution in [1.82, 2.24) is 4.98 Å². The highest BCUT2D eigenvalue weighted by molar-refractivity contribution is 5.95. The molecule has 0 aliphatic rings. The summed E-state index contributed by atoms with van der Waals surface area (Å²) in [6, 6.07) is 24.4. The summed E-state index contributed by atoms with van der Waals surface area (Å²) in [5.74, 6) is 0. The number of aromatic nitrogens is 1. The Hall–Kier alpha value is -3.19. The number of rotatable bonds is 7. The number of hydrogen-bond acceptors (Lipinski definition) is 1. The SMILES string of the molecule is C=CCC(CC)(CC)c1ccc2c(-c3ccc(-c4c(C)cccc4C)cc3)nccc2c1. The maximum Gasteiger partial charge on any atom is 0.0780 e. The Labute approximate surface area is 192 Å². The lowest BCUT2D eigenvalue weighted by molar-refractivity contribution is 0.401. The number of hydrogen-bond donors (Lipinski definition) is 0. The second-order valence-corrected chi connectivity index (χ2v) is 8.92. The van der Waals surface area contributed by atoms with Crippen LogP contribution >= 0.6 is 0 Å². The third-order valence-corrected chi connectivity index (χ3v) is 7.19. The van der Waals surface area contributed by atoms with Gasteiger partial charge in [0.1, 0.15) is 0 Å². The zero-order chi connectivity index (χ0) is 22.7. The maximum absolute atomic E-state index is 4.77. The first-order valence-electron chi connectivity index (χ1n) is 11.7. The molecule has 1 heterocycles. The first-order chi connectivity index (χ1) is 15.5. The van der Waals surface area contributed by atoms with Crippen molar-refractivity contribution in [3.05, 3.63) is 102 Å². The zero-order valence-corrected chi connectivity index (χ0v) is 19.8. The second-order valence-electron chi connectivity index (χ2n) is 8.92.